The molecule has 2 saturated carbocycles. The molecule has 17 heavy (non-hydrogen) atoms. The first-order chi connectivity index (χ1) is 7.94. The molecule has 98 valence electrons. The lowest BCUT2D eigenvalue weighted by atomic mass is 9.70. The van der Waals surface area contributed by atoms with E-state index in [1.807, 2.05) is 0 Å². The molecule has 3 nitrogen and oxygen atoms in total. The van der Waals surface area contributed by atoms with Gasteiger partial charge in [0, 0.05) is 12.1 Å². The summed E-state index contributed by atoms with van der Waals surface area (Å²) in [4.78, 5) is 11.6. The van der Waals surface area contributed by atoms with E-state index in [9.17, 15) is 4.79 Å². The zero-order valence-electron chi connectivity index (χ0n) is 11.4. The molecule has 0 aliphatic heterocycles. The summed E-state index contributed by atoms with van der Waals surface area (Å²) >= 11 is 0. The summed E-state index contributed by atoms with van der Waals surface area (Å²) in [7, 11) is 0. The van der Waals surface area contributed by atoms with Crippen molar-refractivity contribution >= 4 is 5.91 Å². The van der Waals surface area contributed by atoms with Crippen LogP contribution < -0.4 is 10.6 Å². The van der Waals surface area contributed by atoms with Gasteiger partial charge in [0.1, 0.15) is 0 Å². The molecule has 0 aromatic carbocycles. The van der Waals surface area contributed by atoms with E-state index in [1.165, 1.54) is 32.1 Å². The Morgan fingerprint density at radius 2 is 1.94 bits per heavy atom. The van der Waals surface area contributed by atoms with Gasteiger partial charge in [-0.05, 0) is 43.4 Å². The van der Waals surface area contributed by atoms with Crippen molar-refractivity contribution in [3.63, 3.8) is 0 Å². The minimum atomic E-state index is 0.170. The Morgan fingerprint density at radius 3 is 2.53 bits per heavy atom. The third-order valence-corrected chi connectivity index (χ3v) is 3.88. The number of nitrogens with one attached hydrogen (secondary N) is 2. The van der Waals surface area contributed by atoms with Gasteiger partial charge in [-0.25, -0.2) is 0 Å². The van der Waals surface area contributed by atoms with Crippen LogP contribution in [0.15, 0.2) is 0 Å². The molecule has 2 aliphatic carbocycles. The van der Waals surface area contributed by atoms with E-state index < -0.39 is 0 Å². The fourth-order valence-corrected chi connectivity index (χ4v) is 3.24. The first-order valence-corrected chi connectivity index (χ1v) is 6.97. The van der Waals surface area contributed by atoms with Crippen LogP contribution in [-0.4, -0.2) is 24.5 Å². The summed E-state index contributed by atoms with van der Waals surface area (Å²) in [6, 6.07) is 0.990. The molecule has 0 radical (unpaired) electrons. The zero-order chi connectivity index (χ0) is 12.5. The maximum atomic E-state index is 11.6. The number of rotatable bonds is 4. The average Bonchev–Trinajstić information content (AvgIpc) is 2.95. The molecule has 0 aromatic heterocycles. The fourth-order valence-electron chi connectivity index (χ4n) is 3.24. The van der Waals surface area contributed by atoms with Crippen LogP contribution in [0.2, 0.25) is 0 Å². The molecule has 2 N–H and O–H groups in total. The summed E-state index contributed by atoms with van der Waals surface area (Å²) in [6.45, 7) is 7.48. The third kappa shape index (κ3) is 4.30. The zero-order valence-corrected chi connectivity index (χ0v) is 11.4. The topological polar surface area (TPSA) is 41.1 Å². The number of carbonyl (C=O) groups excluding carboxylic acids is 1. The van der Waals surface area contributed by atoms with E-state index in [2.05, 4.69) is 31.4 Å². The molecule has 2 atom stereocenters. The van der Waals surface area contributed by atoms with Gasteiger partial charge in [-0.1, -0.05) is 20.8 Å². The second-order valence-corrected chi connectivity index (χ2v) is 6.83. The molecule has 0 heterocycles. The van der Waals surface area contributed by atoms with Crippen molar-refractivity contribution in [2.24, 2.45) is 11.3 Å². The molecule has 2 rings (SSSR count). The molecule has 2 fully saturated rings. The van der Waals surface area contributed by atoms with Gasteiger partial charge in [0.15, 0.2) is 0 Å². The Hall–Kier alpha value is -0.570. The van der Waals surface area contributed by atoms with Gasteiger partial charge >= 0.3 is 0 Å². The molecule has 0 bridgehead atoms. The van der Waals surface area contributed by atoms with Crippen LogP contribution in [-0.2, 0) is 4.79 Å². The first kappa shape index (κ1) is 12.9. The highest BCUT2D eigenvalue weighted by molar-refractivity contribution is 5.78. The molecule has 1 amide bonds. The Balaban J connectivity index is 1.72. The van der Waals surface area contributed by atoms with E-state index in [0.29, 0.717) is 24.0 Å². The highest BCUT2D eigenvalue weighted by atomic mass is 16.2. The quantitative estimate of drug-likeness (QED) is 0.787. The predicted molar refractivity (Wildman–Crippen MR) is 69.8 cm³/mol. The van der Waals surface area contributed by atoms with Crippen LogP contribution in [0.4, 0.5) is 0 Å². The van der Waals surface area contributed by atoms with E-state index >= 15 is 0 Å². The predicted octanol–water partition coefficient (Wildman–Crippen LogP) is 2.07. The second kappa shape index (κ2) is 4.97. The van der Waals surface area contributed by atoms with Crippen LogP contribution in [0.5, 0.6) is 0 Å². The van der Waals surface area contributed by atoms with Gasteiger partial charge in [-0.3, -0.25) is 4.79 Å². The molecular weight excluding hydrogens is 212 g/mol. The van der Waals surface area contributed by atoms with E-state index in [4.69, 9.17) is 0 Å². The average molecular weight is 238 g/mol. The van der Waals surface area contributed by atoms with Crippen LogP contribution in [0, 0.1) is 11.3 Å². The Kier molecular flexibility index (Phi) is 3.76. The van der Waals surface area contributed by atoms with Crippen molar-refractivity contribution in [1.82, 2.24) is 10.6 Å². The third-order valence-electron chi connectivity index (χ3n) is 3.88. The maximum Gasteiger partial charge on any atom is 0.234 e. The number of hydrogen-bond donors (Lipinski definition) is 2. The minimum Gasteiger partial charge on any atom is -0.352 e. The number of amides is 1. The summed E-state index contributed by atoms with van der Waals surface area (Å²) in [6.07, 6.45) is 6.03. The van der Waals surface area contributed by atoms with E-state index in [-0.39, 0.29) is 5.91 Å². The number of hydrogen-bond acceptors (Lipinski definition) is 2. The summed E-state index contributed by atoms with van der Waals surface area (Å²) < 4.78 is 0. The number of carbonyl (C=O) groups is 1. The van der Waals surface area contributed by atoms with Crippen LogP contribution in [0.1, 0.15) is 52.9 Å². The van der Waals surface area contributed by atoms with Crippen molar-refractivity contribution in [3.05, 3.63) is 0 Å². The Labute approximate surface area is 105 Å². The standard InChI is InChI=1S/C14H26N2O/c1-10-6-12(8-14(2,3)7-10)15-9-13(17)16-11-4-5-11/h10-12,15H,4-9H2,1-3H3,(H,16,17). The summed E-state index contributed by atoms with van der Waals surface area (Å²) in [5.74, 6) is 0.936. The van der Waals surface area contributed by atoms with Crippen molar-refractivity contribution < 1.29 is 4.79 Å². The molecule has 0 aromatic rings. The van der Waals surface area contributed by atoms with Gasteiger partial charge < -0.3 is 10.6 Å². The summed E-state index contributed by atoms with van der Waals surface area (Å²) in [5.41, 5.74) is 0.419. The first-order valence-electron chi connectivity index (χ1n) is 6.97. The van der Waals surface area contributed by atoms with Crippen molar-refractivity contribution in [2.75, 3.05) is 6.54 Å². The largest absolute Gasteiger partial charge is 0.352 e. The van der Waals surface area contributed by atoms with Gasteiger partial charge in [-0.15, -0.1) is 0 Å². The highest BCUT2D eigenvalue weighted by Gasteiger charge is 2.32. The lowest BCUT2D eigenvalue weighted by Crippen LogP contribution is -2.44. The molecule has 3 heteroatoms. The van der Waals surface area contributed by atoms with Crippen molar-refractivity contribution in [2.45, 2.75) is 65.0 Å². The van der Waals surface area contributed by atoms with Gasteiger partial charge in [0.05, 0.1) is 6.54 Å². The van der Waals surface area contributed by atoms with Crippen molar-refractivity contribution in [3.8, 4) is 0 Å². The highest BCUT2D eigenvalue weighted by Crippen LogP contribution is 2.38. The fraction of sp³-hybridized carbons (Fsp3) is 0.929. The van der Waals surface area contributed by atoms with Crippen LogP contribution >= 0.6 is 0 Å². The van der Waals surface area contributed by atoms with Crippen LogP contribution in [0.3, 0.4) is 0 Å². The van der Waals surface area contributed by atoms with Gasteiger partial charge in [0.2, 0.25) is 5.91 Å². The smallest absolute Gasteiger partial charge is 0.234 e. The Bertz CT molecular complexity index is 284. The van der Waals surface area contributed by atoms with Crippen molar-refractivity contribution in [1.29, 1.82) is 0 Å². The van der Waals surface area contributed by atoms with Crippen LogP contribution in [0.25, 0.3) is 0 Å². The maximum absolute atomic E-state index is 11.6. The van der Waals surface area contributed by atoms with E-state index in [1.54, 1.807) is 0 Å². The van der Waals surface area contributed by atoms with Gasteiger partial charge in [0.25, 0.3) is 0 Å². The second-order valence-electron chi connectivity index (χ2n) is 6.83. The normalized spacial score (nSPS) is 32.2. The SMILES string of the molecule is CC1CC(NCC(=O)NC2CC2)CC(C)(C)C1. The monoisotopic (exact) mass is 238 g/mol. The van der Waals surface area contributed by atoms with Gasteiger partial charge in [-0.2, -0.15) is 0 Å². The molecule has 0 spiro atoms. The Morgan fingerprint density at radius 1 is 1.24 bits per heavy atom. The van der Waals surface area contributed by atoms with E-state index in [0.717, 1.165) is 5.92 Å². The molecule has 2 unspecified atom stereocenters. The lowest BCUT2D eigenvalue weighted by Gasteiger charge is -2.39. The lowest BCUT2D eigenvalue weighted by molar-refractivity contribution is -0.120. The summed E-state index contributed by atoms with van der Waals surface area (Å²) in [5, 5.41) is 6.45. The minimum absolute atomic E-state index is 0.170. The molecular formula is C14H26N2O. The molecule has 2 aliphatic rings. The molecule has 0 saturated heterocycles.